The molecule has 0 aromatic heterocycles. The minimum Gasteiger partial charge on any atom is -0.496 e. The van der Waals surface area contributed by atoms with Gasteiger partial charge in [0, 0.05) is 19.0 Å². The summed E-state index contributed by atoms with van der Waals surface area (Å²) < 4.78 is 5.20. The molecule has 0 aliphatic rings. The Hall–Kier alpha value is -1.59. The number of amides is 1. The van der Waals surface area contributed by atoms with Gasteiger partial charge in [-0.2, -0.15) is 0 Å². The second-order valence-electron chi connectivity index (χ2n) is 4.53. The van der Waals surface area contributed by atoms with Crippen LogP contribution in [0.25, 0.3) is 0 Å². The zero-order valence-corrected chi connectivity index (χ0v) is 11.5. The lowest BCUT2D eigenvalue weighted by Gasteiger charge is -2.20. The van der Waals surface area contributed by atoms with Gasteiger partial charge in [-0.1, -0.05) is 12.1 Å². The number of ether oxygens (including phenoxy) is 1. The van der Waals surface area contributed by atoms with Gasteiger partial charge in [0.15, 0.2) is 0 Å². The quantitative estimate of drug-likeness (QED) is 0.716. The van der Waals surface area contributed by atoms with Crippen LogP contribution in [0.5, 0.6) is 5.75 Å². The monoisotopic (exact) mass is 267 g/mol. The van der Waals surface area contributed by atoms with Crippen molar-refractivity contribution in [2.24, 2.45) is 0 Å². The molecule has 1 amide bonds. The van der Waals surface area contributed by atoms with Crippen molar-refractivity contribution in [2.75, 3.05) is 13.7 Å². The van der Waals surface area contributed by atoms with Gasteiger partial charge in [-0.15, -0.1) is 0 Å². The predicted octanol–water partition coefficient (Wildman–Crippen LogP) is 0.924. The van der Waals surface area contributed by atoms with E-state index in [-0.39, 0.29) is 12.3 Å². The Morgan fingerprint density at radius 2 is 2.11 bits per heavy atom. The van der Waals surface area contributed by atoms with Crippen LogP contribution in [0.3, 0.4) is 0 Å². The van der Waals surface area contributed by atoms with Crippen LogP contribution in [0.1, 0.15) is 30.6 Å². The molecule has 0 fully saturated rings. The third-order valence-electron chi connectivity index (χ3n) is 2.89. The number of benzene rings is 1. The Balaban J connectivity index is 2.70. The Bertz CT molecular complexity index is 433. The zero-order valence-electron chi connectivity index (χ0n) is 11.5. The fourth-order valence-electron chi connectivity index (χ4n) is 1.82. The molecule has 106 valence electrons. The van der Waals surface area contributed by atoms with Crippen molar-refractivity contribution in [2.45, 2.75) is 32.5 Å². The van der Waals surface area contributed by atoms with Crippen LogP contribution in [0.15, 0.2) is 18.2 Å². The summed E-state index contributed by atoms with van der Waals surface area (Å²) in [6.07, 6.45) is -1.72. The normalized spacial score (nSPS) is 13.7. The molecule has 2 unspecified atom stereocenters. The number of carbonyl (C=O) groups excluding carboxylic acids is 1. The van der Waals surface area contributed by atoms with Gasteiger partial charge >= 0.3 is 0 Å². The first-order valence-electron chi connectivity index (χ1n) is 6.20. The molecular formula is C14H21NO4. The summed E-state index contributed by atoms with van der Waals surface area (Å²) in [4.78, 5) is 10.7. The molecule has 0 saturated heterocycles. The minimum absolute atomic E-state index is 0.158. The lowest BCUT2D eigenvalue weighted by molar-refractivity contribution is -0.119. The topological polar surface area (TPSA) is 78.8 Å². The number of hydrogen-bond acceptors (Lipinski definition) is 4. The molecule has 5 heteroatoms. The molecule has 19 heavy (non-hydrogen) atoms. The first kappa shape index (κ1) is 15.5. The van der Waals surface area contributed by atoms with E-state index in [1.807, 2.05) is 13.0 Å². The van der Waals surface area contributed by atoms with Crippen molar-refractivity contribution in [1.82, 2.24) is 5.32 Å². The predicted molar refractivity (Wildman–Crippen MR) is 72.0 cm³/mol. The molecule has 0 aliphatic carbocycles. The van der Waals surface area contributed by atoms with Gasteiger partial charge < -0.3 is 20.3 Å². The molecule has 0 radical (unpaired) electrons. The first-order valence-corrected chi connectivity index (χ1v) is 6.20. The van der Waals surface area contributed by atoms with Crippen LogP contribution in [-0.2, 0) is 4.79 Å². The third kappa shape index (κ3) is 4.54. The maximum absolute atomic E-state index is 10.7. The Morgan fingerprint density at radius 1 is 1.42 bits per heavy atom. The van der Waals surface area contributed by atoms with Gasteiger partial charge in [-0.25, -0.2) is 0 Å². The summed E-state index contributed by atoms with van der Waals surface area (Å²) in [6, 6.07) is 5.39. The second-order valence-corrected chi connectivity index (χ2v) is 4.53. The summed E-state index contributed by atoms with van der Waals surface area (Å²) >= 11 is 0. The molecule has 0 spiro atoms. The molecule has 5 nitrogen and oxygen atoms in total. The largest absolute Gasteiger partial charge is 0.496 e. The van der Waals surface area contributed by atoms with Gasteiger partial charge in [-0.3, -0.25) is 4.79 Å². The summed E-state index contributed by atoms with van der Waals surface area (Å²) in [5.74, 6) is 0.390. The second kappa shape index (κ2) is 7.11. The molecule has 3 N–H and O–H groups in total. The average molecular weight is 267 g/mol. The maximum Gasteiger partial charge on any atom is 0.216 e. The molecule has 0 saturated carbocycles. The smallest absolute Gasteiger partial charge is 0.216 e. The van der Waals surface area contributed by atoms with Crippen molar-refractivity contribution in [1.29, 1.82) is 0 Å². The number of rotatable bonds is 6. The van der Waals surface area contributed by atoms with E-state index in [4.69, 9.17) is 4.74 Å². The molecule has 1 aromatic rings. The van der Waals surface area contributed by atoms with Gasteiger partial charge in [0.05, 0.1) is 13.2 Å². The first-order chi connectivity index (χ1) is 8.95. The van der Waals surface area contributed by atoms with E-state index >= 15 is 0 Å². The Morgan fingerprint density at radius 3 is 2.68 bits per heavy atom. The Labute approximate surface area is 113 Å². The van der Waals surface area contributed by atoms with Crippen molar-refractivity contribution >= 4 is 5.91 Å². The van der Waals surface area contributed by atoms with Crippen molar-refractivity contribution in [3.05, 3.63) is 29.3 Å². The van der Waals surface area contributed by atoms with E-state index in [1.165, 1.54) is 14.0 Å². The highest BCUT2D eigenvalue weighted by atomic mass is 16.5. The molecule has 1 aromatic carbocycles. The van der Waals surface area contributed by atoms with E-state index in [1.54, 1.807) is 12.1 Å². The van der Waals surface area contributed by atoms with Crippen LogP contribution in [0.2, 0.25) is 0 Å². The summed E-state index contributed by atoms with van der Waals surface area (Å²) in [5.41, 5.74) is 1.56. The molecule has 0 bridgehead atoms. The van der Waals surface area contributed by atoms with E-state index in [0.717, 1.165) is 5.56 Å². The van der Waals surface area contributed by atoms with Gasteiger partial charge in [0.2, 0.25) is 5.91 Å². The van der Waals surface area contributed by atoms with Crippen LogP contribution >= 0.6 is 0 Å². The number of hydrogen-bond donors (Lipinski definition) is 3. The maximum atomic E-state index is 10.7. The SMILES string of the molecule is COc1cc(C)ccc1C(O)C(O)CCNC(C)=O. The zero-order chi connectivity index (χ0) is 14.4. The van der Waals surface area contributed by atoms with Crippen LogP contribution in [-0.4, -0.2) is 35.9 Å². The van der Waals surface area contributed by atoms with Crippen molar-refractivity contribution < 1.29 is 19.7 Å². The third-order valence-corrected chi connectivity index (χ3v) is 2.89. The number of carbonyl (C=O) groups is 1. The number of nitrogens with one attached hydrogen (secondary N) is 1. The highest BCUT2D eigenvalue weighted by molar-refractivity contribution is 5.72. The number of methoxy groups -OCH3 is 1. The van der Waals surface area contributed by atoms with E-state index in [0.29, 0.717) is 17.9 Å². The van der Waals surface area contributed by atoms with E-state index in [2.05, 4.69) is 5.32 Å². The van der Waals surface area contributed by atoms with Crippen molar-refractivity contribution in [3.8, 4) is 5.75 Å². The minimum atomic E-state index is -1.04. The van der Waals surface area contributed by atoms with Gasteiger partial charge in [0.25, 0.3) is 0 Å². The van der Waals surface area contributed by atoms with Crippen LogP contribution in [0, 0.1) is 6.92 Å². The highest BCUT2D eigenvalue weighted by Gasteiger charge is 2.21. The highest BCUT2D eigenvalue weighted by Crippen LogP contribution is 2.29. The molecular weight excluding hydrogens is 246 g/mol. The fraction of sp³-hybridized carbons (Fsp3) is 0.500. The summed E-state index contributed by atoms with van der Waals surface area (Å²) in [5, 5.41) is 22.6. The fourth-order valence-corrected chi connectivity index (χ4v) is 1.82. The van der Waals surface area contributed by atoms with Gasteiger partial charge in [-0.05, 0) is 25.0 Å². The van der Waals surface area contributed by atoms with E-state index in [9.17, 15) is 15.0 Å². The molecule has 2 atom stereocenters. The van der Waals surface area contributed by atoms with Crippen molar-refractivity contribution in [3.63, 3.8) is 0 Å². The number of aliphatic hydroxyl groups excluding tert-OH is 2. The summed E-state index contributed by atoms with van der Waals surface area (Å²) in [7, 11) is 1.52. The van der Waals surface area contributed by atoms with Gasteiger partial charge in [0.1, 0.15) is 11.9 Å². The number of aliphatic hydroxyl groups is 2. The lowest BCUT2D eigenvalue weighted by atomic mass is 10.00. The summed E-state index contributed by atoms with van der Waals surface area (Å²) in [6.45, 7) is 3.65. The molecule has 0 aliphatic heterocycles. The van der Waals surface area contributed by atoms with Crippen LogP contribution < -0.4 is 10.1 Å². The molecule has 0 heterocycles. The Kier molecular flexibility index (Phi) is 5.79. The standard InChI is InChI=1S/C14H21NO4/c1-9-4-5-11(13(8-9)19-3)14(18)12(17)6-7-15-10(2)16/h4-5,8,12,14,17-18H,6-7H2,1-3H3,(H,15,16). The van der Waals surface area contributed by atoms with Crippen LogP contribution in [0.4, 0.5) is 0 Å². The van der Waals surface area contributed by atoms with E-state index < -0.39 is 12.2 Å². The molecule has 1 rings (SSSR count). The average Bonchev–Trinajstić information content (AvgIpc) is 2.37. The number of aryl methyl sites for hydroxylation is 1. The lowest BCUT2D eigenvalue weighted by Crippen LogP contribution is -2.27.